The molecule has 3 rings (SSSR count). The lowest BCUT2D eigenvalue weighted by atomic mass is 9.82. The van der Waals surface area contributed by atoms with Crippen molar-refractivity contribution in [2.75, 3.05) is 45.9 Å². The van der Waals surface area contributed by atoms with Gasteiger partial charge in [0, 0.05) is 46.1 Å². The Bertz CT molecular complexity index is 517. The van der Waals surface area contributed by atoms with Gasteiger partial charge in [-0.15, -0.1) is 0 Å². The highest BCUT2D eigenvalue weighted by molar-refractivity contribution is 5.81. The van der Waals surface area contributed by atoms with Crippen LogP contribution >= 0.6 is 0 Å². The zero-order valence-electron chi connectivity index (χ0n) is 13.4. The van der Waals surface area contributed by atoms with E-state index in [-0.39, 0.29) is 36.2 Å². The van der Waals surface area contributed by atoms with Crippen LogP contribution in [0.15, 0.2) is 0 Å². The zero-order chi connectivity index (χ0) is 16.6. The van der Waals surface area contributed by atoms with Gasteiger partial charge >= 0.3 is 5.97 Å². The van der Waals surface area contributed by atoms with Gasteiger partial charge in [0.25, 0.3) is 0 Å². The van der Waals surface area contributed by atoms with Crippen LogP contribution in [0.2, 0.25) is 0 Å². The summed E-state index contributed by atoms with van der Waals surface area (Å²) in [5, 5.41) is 8.69. The summed E-state index contributed by atoms with van der Waals surface area (Å²) in [4.78, 5) is 40.4. The molecule has 0 radical (unpaired) electrons. The third kappa shape index (κ3) is 3.05. The molecule has 8 nitrogen and oxygen atoms in total. The lowest BCUT2D eigenvalue weighted by molar-refractivity contribution is -0.180. The SMILES string of the molecule is CC(=O)N1CC2COCCN2C2(C1)CN(C(=O)CCC(=O)O)C2. The van der Waals surface area contributed by atoms with Crippen LogP contribution in [-0.2, 0) is 19.1 Å². The van der Waals surface area contributed by atoms with E-state index in [1.54, 1.807) is 11.8 Å². The van der Waals surface area contributed by atoms with Gasteiger partial charge in [-0.05, 0) is 0 Å². The summed E-state index contributed by atoms with van der Waals surface area (Å²) in [6.45, 7) is 6.09. The highest BCUT2D eigenvalue weighted by Gasteiger charge is 2.55. The van der Waals surface area contributed by atoms with Crippen molar-refractivity contribution in [3.63, 3.8) is 0 Å². The van der Waals surface area contributed by atoms with E-state index in [2.05, 4.69) is 4.90 Å². The van der Waals surface area contributed by atoms with Gasteiger partial charge < -0.3 is 19.6 Å². The zero-order valence-corrected chi connectivity index (χ0v) is 13.4. The second-order valence-corrected chi connectivity index (χ2v) is 6.69. The monoisotopic (exact) mass is 325 g/mol. The third-order valence-electron chi connectivity index (χ3n) is 5.07. The number of ether oxygens (including phenoxy) is 1. The Kier molecular flexibility index (Phi) is 4.29. The Morgan fingerprint density at radius 1 is 1.17 bits per heavy atom. The molecule has 0 aromatic rings. The summed E-state index contributed by atoms with van der Waals surface area (Å²) in [6, 6.07) is 0.178. The summed E-state index contributed by atoms with van der Waals surface area (Å²) >= 11 is 0. The van der Waals surface area contributed by atoms with Gasteiger partial charge in [-0.3, -0.25) is 19.3 Å². The van der Waals surface area contributed by atoms with Gasteiger partial charge in [0.15, 0.2) is 0 Å². The van der Waals surface area contributed by atoms with Crippen LogP contribution < -0.4 is 0 Å². The lowest BCUT2D eigenvalue weighted by Gasteiger charge is -2.63. The third-order valence-corrected chi connectivity index (χ3v) is 5.07. The largest absolute Gasteiger partial charge is 0.481 e. The Morgan fingerprint density at radius 2 is 1.87 bits per heavy atom. The molecule has 0 aromatic carbocycles. The van der Waals surface area contributed by atoms with Crippen molar-refractivity contribution >= 4 is 17.8 Å². The number of morpholine rings is 1. The molecule has 1 atom stereocenters. The van der Waals surface area contributed by atoms with Gasteiger partial charge in [-0.1, -0.05) is 0 Å². The summed E-state index contributed by atoms with van der Waals surface area (Å²) in [6.07, 6.45) is -0.101. The molecule has 0 bridgehead atoms. The number of aliphatic carboxylic acids is 1. The van der Waals surface area contributed by atoms with E-state index in [1.165, 1.54) is 0 Å². The second kappa shape index (κ2) is 6.09. The number of carbonyl (C=O) groups excluding carboxylic acids is 2. The van der Waals surface area contributed by atoms with E-state index in [0.717, 1.165) is 6.54 Å². The number of fused-ring (bicyclic) bond motifs is 2. The van der Waals surface area contributed by atoms with E-state index in [1.807, 2.05) is 4.90 Å². The van der Waals surface area contributed by atoms with Crippen LogP contribution in [0.3, 0.4) is 0 Å². The predicted octanol–water partition coefficient (Wildman–Crippen LogP) is -1.00. The average Bonchev–Trinajstić information content (AvgIpc) is 2.49. The molecule has 1 N–H and O–H groups in total. The topological polar surface area (TPSA) is 90.4 Å². The van der Waals surface area contributed by atoms with Crippen LogP contribution in [0.1, 0.15) is 19.8 Å². The molecule has 2 amide bonds. The minimum Gasteiger partial charge on any atom is -0.481 e. The van der Waals surface area contributed by atoms with E-state index in [4.69, 9.17) is 9.84 Å². The normalized spacial score (nSPS) is 26.6. The van der Waals surface area contributed by atoms with Crippen molar-refractivity contribution < 1.29 is 24.2 Å². The summed E-state index contributed by atoms with van der Waals surface area (Å²) in [5.74, 6) is -1.03. The van der Waals surface area contributed by atoms with Gasteiger partial charge in [0.1, 0.15) is 0 Å². The number of hydrogen-bond acceptors (Lipinski definition) is 5. The molecule has 23 heavy (non-hydrogen) atoms. The first-order chi connectivity index (χ1) is 10.9. The first kappa shape index (κ1) is 16.2. The predicted molar refractivity (Wildman–Crippen MR) is 79.7 cm³/mol. The van der Waals surface area contributed by atoms with Crippen molar-refractivity contribution in [2.24, 2.45) is 0 Å². The van der Waals surface area contributed by atoms with Crippen molar-refractivity contribution in [2.45, 2.75) is 31.3 Å². The number of rotatable bonds is 3. The molecule has 0 saturated carbocycles. The number of likely N-dealkylation sites (tertiary alicyclic amines) is 1. The first-order valence-corrected chi connectivity index (χ1v) is 8.01. The number of carboxylic acids is 1. The number of carbonyl (C=O) groups is 3. The van der Waals surface area contributed by atoms with Crippen LogP contribution in [0.25, 0.3) is 0 Å². The maximum atomic E-state index is 12.1. The molecular formula is C15H23N3O5. The summed E-state index contributed by atoms with van der Waals surface area (Å²) in [5.41, 5.74) is -0.197. The number of piperazine rings is 1. The van der Waals surface area contributed by atoms with Crippen LogP contribution in [0.5, 0.6) is 0 Å². The fourth-order valence-corrected chi connectivity index (χ4v) is 3.93. The lowest BCUT2D eigenvalue weighted by Crippen LogP contribution is -2.81. The number of amides is 2. The standard InChI is InChI=1S/C15H23N3O5/c1-11(19)16-6-12-7-23-5-4-18(12)15(8-16)9-17(10-15)13(20)2-3-14(21)22/h12H,2-10H2,1H3,(H,21,22). The number of hydrogen-bond donors (Lipinski definition) is 1. The van der Waals surface area contributed by atoms with Gasteiger partial charge in [-0.2, -0.15) is 0 Å². The van der Waals surface area contributed by atoms with Crippen molar-refractivity contribution in [3.8, 4) is 0 Å². The maximum Gasteiger partial charge on any atom is 0.303 e. The molecule has 3 saturated heterocycles. The van der Waals surface area contributed by atoms with E-state index in [0.29, 0.717) is 39.4 Å². The van der Waals surface area contributed by atoms with E-state index >= 15 is 0 Å². The molecular weight excluding hydrogens is 302 g/mol. The molecule has 8 heteroatoms. The molecule has 0 aliphatic carbocycles. The van der Waals surface area contributed by atoms with Crippen LogP contribution in [0, 0.1) is 0 Å². The molecule has 128 valence electrons. The minimum atomic E-state index is -0.956. The molecule has 1 unspecified atom stereocenters. The quantitative estimate of drug-likeness (QED) is 0.715. The maximum absolute atomic E-state index is 12.1. The van der Waals surface area contributed by atoms with Gasteiger partial charge in [0.05, 0.1) is 31.2 Å². The van der Waals surface area contributed by atoms with Gasteiger partial charge in [-0.25, -0.2) is 0 Å². The Balaban J connectivity index is 1.66. The van der Waals surface area contributed by atoms with Gasteiger partial charge in [0.2, 0.25) is 11.8 Å². The number of carboxylic acid groups (broad SMARTS) is 1. The van der Waals surface area contributed by atoms with Crippen molar-refractivity contribution in [3.05, 3.63) is 0 Å². The Hall–Kier alpha value is -1.67. The highest BCUT2D eigenvalue weighted by Crippen LogP contribution is 2.36. The smallest absolute Gasteiger partial charge is 0.303 e. The second-order valence-electron chi connectivity index (χ2n) is 6.69. The molecule has 3 heterocycles. The van der Waals surface area contributed by atoms with Crippen LogP contribution in [0.4, 0.5) is 0 Å². The highest BCUT2D eigenvalue weighted by atomic mass is 16.5. The summed E-state index contributed by atoms with van der Waals surface area (Å²) in [7, 11) is 0. The summed E-state index contributed by atoms with van der Waals surface area (Å²) < 4.78 is 5.54. The fourth-order valence-electron chi connectivity index (χ4n) is 3.93. The number of nitrogens with zero attached hydrogens (tertiary/aromatic N) is 3. The van der Waals surface area contributed by atoms with E-state index in [9.17, 15) is 14.4 Å². The van der Waals surface area contributed by atoms with E-state index < -0.39 is 5.97 Å². The first-order valence-electron chi connectivity index (χ1n) is 8.01. The Labute approximate surface area is 135 Å². The molecule has 3 aliphatic heterocycles. The average molecular weight is 325 g/mol. The van der Waals surface area contributed by atoms with Crippen molar-refractivity contribution in [1.82, 2.24) is 14.7 Å². The molecule has 0 aromatic heterocycles. The molecule has 1 spiro atoms. The van der Waals surface area contributed by atoms with Crippen molar-refractivity contribution in [1.29, 1.82) is 0 Å². The van der Waals surface area contributed by atoms with Crippen LogP contribution in [-0.4, -0.2) is 95.1 Å². The molecule has 3 aliphatic rings. The molecule has 3 fully saturated rings. The minimum absolute atomic E-state index is 0.0361. The Morgan fingerprint density at radius 3 is 2.52 bits per heavy atom. The fraction of sp³-hybridized carbons (Fsp3) is 0.800.